The van der Waals surface area contributed by atoms with Crippen molar-refractivity contribution in [1.29, 1.82) is 0 Å². The molecule has 3 rings (SSSR count). The second-order valence-electron chi connectivity index (χ2n) is 6.33. The lowest BCUT2D eigenvalue weighted by atomic mass is 10.1. The maximum absolute atomic E-state index is 12.7. The monoisotopic (exact) mass is 375 g/mol. The van der Waals surface area contributed by atoms with Gasteiger partial charge in [-0.25, -0.2) is 18.1 Å². The van der Waals surface area contributed by atoms with E-state index in [2.05, 4.69) is 19.9 Å². The number of rotatable bonds is 7. The molecule has 0 aliphatic rings. The molecule has 0 unspecified atom stereocenters. The van der Waals surface area contributed by atoms with Gasteiger partial charge >= 0.3 is 0 Å². The summed E-state index contributed by atoms with van der Waals surface area (Å²) < 4.78 is 33.4. The molecular weight excluding hydrogens is 354 g/mol. The minimum atomic E-state index is -3.66. The normalized spacial score (nSPS) is 13.2. The molecular formula is C17H21N5O3S. The summed E-state index contributed by atoms with van der Waals surface area (Å²) in [6.07, 6.45) is 4.68. The van der Waals surface area contributed by atoms with Crippen molar-refractivity contribution < 1.29 is 12.8 Å². The van der Waals surface area contributed by atoms with Crippen LogP contribution in [0.25, 0.3) is 11.3 Å². The van der Waals surface area contributed by atoms with Crippen LogP contribution in [0, 0.1) is 12.8 Å². The van der Waals surface area contributed by atoms with E-state index in [0.717, 1.165) is 5.56 Å². The molecule has 1 aromatic carbocycles. The number of nitrogens with one attached hydrogen (secondary N) is 1. The largest absolute Gasteiger partial charge is 0.449 e. The Morgan fingerprint density at radius 3 is 2.35 bits per heavy atom. The Balaban J connectivity index is 1.78. The fourth-order valence-corrected chi connectivity index (χ4v) is 3.84. The molecule has 0 bridgehead atoms. The van der Waals surface area contributed by atoms with E-state index < -0.39 is 10.0 Å². The third-order valence-corrected chi connectivity index (χ3v) is 5.52. The summed E-state index contributed by atoms with van der Waals surface area (Å²) in [5.41, 5.74) is 1.46. The Kier molecular flexibility index (Phi) is 5.19. The van der Waals surface area contributed by atoms with Crippen LogP contribution in [-0.4, -0.2) is 34.4 Å². The summed E-state index contributed by atoms with van der Waals surface area (Å²) in [4.78, 5) is 5.91. The van der Waals surface area contributed by atoms with Gasteiger partial charge in [-0.15, -0.1) is 0 Å². The minimum absolute atomic E-state index is 0.0770. The standard InChI is InChI=1S/C17H21N5O3S/c1-12(2)16(10-22-18-8-9-19-22)21-26(23,24)15-6-4-14(5-7-15)17-11-25-13(3)20-17/h4-9,11-12,16,21H,10H2,1-3H3/t16-/m1/s1. The molecule has 2 aromatic heterocycles. The molecule has 8 nitrogen and oxygen atoms in total. The van der Waals surface area contributed by atoms with Crippen molar-refractivity contribution in [2.75, 3.05) is 0 Å². The van der Waals surface area contributed by atoms with Gasteiger partial charge in [-0.05, 0) is 18.1 Å². The van der Waals surface area contributed by atoms with E-state index in [0.29, 0.717) is 18.1 Å². The molecule has 138 valence electrons. The van der Waals surface area contributed by atoms with Gasteiger partial charge in [0.05, 0.1) is 23.8 Å². The summed E-state index contributed by atoms with van der Waals surface area (Å²) >= 11 is 0. The second-order valence-corrected chi connectivity index (χ2v) is 8.05. The zero-order valence-electron chi connectivity index (χ0n) is 14.8. The molecule has 9 heteroatoms. The van der Waals surface area contributed by atoms with Crippen LogP contribution in [0.3, 0.4) is 0 Å². The van der Waals surface area contributed by atoms with Crippen LogP contribution in [0.5, 0.6) is 0 Å². The number of benzene rings is 1. The van der Waals surface area contributed by atoms with Gasteiger partial charge < -0.3 is 4.42 Å². The lowest BCUT2D eigenvalue weighted by Crippen LogP contribution is -2.41. The molecule has 0 saturated carbocycles. The third kappa shape index (κ3) is 4.17. The lowest BCUT2D eigenvalue weighted by molar-refractivity contribution is 0.361. The van der Waals surface area contributed by atoms with Crippen LogP contribution in [0.15, 0.2) is 52.2 Å². The van der Waals surface area contributed by atoms with Crippen molar-refractivity contribution in [3.8, 4) is 11.3 Å². The van der Waals surface area contributed by atoms with Crippen molar-refractivity contribution in [2.24, 2.45) is 5.92 Å². The smallest absolute Gasteiger partial charge is 0.240 e. The maximum Gasteiger partial charge on any atom is 0.240 e. The van der Waals surface area contributed by atoms with Crippen LogP contribution < -0.4 is 4.72 Å². The van der Waals surface area contributed by atoms with E-state index in [1.54, 1.807) is 49.8 Å². The van der Waals surface area contributed by atoms with Crippen LogP contribution >= 0.6 is 0 Å². The predicted octanol–water partition coefficient (Wildman–Crippen LogP) is 2.24. The van der Waals surface area contributed by atoms with Gasteiger partial charge in [-0.1, -0.05) is 26.0 Å². The van der Waals surface area contributed by atoms with Crippen molar-refractivity contribution in [2.45, 2.75) is 38.3 Å². The molecule has 0 aliphatic carbocycles. The average molecular weight is 375 g/mol. The Labute approximate surface area is 152 Å². The number of hydrogen-bond donors (Lipinski definition) is 1. The highest BCUT2D eigenvalue weighted by molar-refractivity contribution is 7.89. The van der Waals surface area contributed by atoms with Crippen LogP contribution in [0.2, 0.25) is 0 Å². The molecule has 0 radical (unpaired) electrons. The molecule has 3 aromatic rings. The van der Waals surface area contributed by atoms with E-state index in [-0.39, 0.29) is 16.9 Å². The summed E-state index contributed by atoms with van der Waals surface area (Å²) in [5.74, 6) is 0.638. The van der Waals surface area contributed by atoms with Gasteiger partial charge in [-0.2, -0.15) is 15.0 Å². The van der Waals surface area contributed by atoms with Gasteiger partial charge in [0.1, 0.15) is 12.0 Å². The zero-order valence-corrected chi connectivity index (χ0v) is 15.6. The lowest BCUT2D eigenvalue weighted by Gasteiger charge is -2.21. The van der Waals surface area contributed by atoms with E-state index in [9.17, 15) is 8.42 Å². The number of hydrogen-bond acceptors (Lipinski definition) is 6. The van der Waals surface area contributed by atoms with Crippen LogP contribution in [0.4, 0.5) is 0 Å². The first-order valence-corrected chi connectivity index (χ1v) is 9.72. The first-order valence-electron chi connectivity index (χ1n) is 8.24. The Bertz CT molecular complexity index is 947. The quantitative estimate of drug-likeness (QED) is 0.679. The fraction of sp³-hybridized carbons (Fsp3) is 0.353. The second kappa shape index (κ2) is 7.38. The van der Waals surface area contributed by atoms with Crippen LogP contribution in [0.1, 0.15) is 19.7 Å². The molecule has 2 heterocycles. The highest BCUT2D eigenvalue weighted by Crippen LogP contribution is 2.21. The van der Waals surface area contributed by atoms with Crippen molar-refractivity contribution in [3.63, 3.8) is 0 Å². The maximum atomic E-state index is 12.7. The number of nitrogens with zero attached hydrogens (tertiary/aromatic N) is 4. The SMILES string of the molecule is Cc1nc(-c2ccc(S(=O)(=O)N[C@H](Cn3nccn3)C(C)C)cc2)co1. The number of aromatic nitrogens is 4. The molecule has 0 saturated heterocycles. The molecule has 1 N–H and O–H groups in total. The minimum Gasteiger partial charge on any atom is -0.449 e. The average Bonchev–Trinajstić information content (AvgIpc) is 3.26. The molecule has 1 atom stereocenters. The summed E-state index contributed by atoms with van der Waals surface area (Å²) in [5, 5.41) is 8.09. The Morgan fingerprint density at radius 1 is 1.15 bits per heavy atom. The predicted molar refractivity (Wildman–Crippen MR) is 95.6 cm³/mol. The van der Waals surface area contributed by atoms with E-state index in [4.69, 9.17) is 4.42 Å². The molecule has 0 amide bonds. The Morgan fingerprint density at radius 2 is 1.81 bits per heavy atom. The molecule has 0 aliphatic heterocycles. The van der Waals surface area contributed by atoms with Crippen LogP contribution in [-0.2, 0) is 16.6 Å². The van der Waals surface area contributed by atoms with Gasteiger partial charge in [0.15, 0.2) is 5.89 Å². The van der Waals surface area contributed by atoms with E-state index in [1.807, 2.05) is 13.8 Å². The van der Waals surface area contributed by atoms with Gasteiger partial charge in [0, 0.05) is 18.5 Å². The van der Waals surface area contributed by atoms with Gasteiger partial charge in [0.25, 0.3) is 0 Å². The summed E-state index contributed by atoms with van der Waals surface area (Å²) in [6, 6.07) is 6.22. The highest BCUT2D eigenvalue weighted by Gasteiger charge is 2.23. The fourth-order valence-electron chi connectivity index (χ4n) is 2.47. The first kappa shape index (κ1) is 18.3. The summed E-state index contributed by atoms with van der Waals surface area (Å²) in [6.45, 7) is 6.02. The highest BCUT2D eigenvalue weighted by atomic mass is 32.2. The molecule has 0 spiro atoms. The molecule has 0 fully saturated rings. The van der Waals surface area contributed by atoms with Crippen molar-refractivity contribution in [1.82, 2.24) is 24.7 Å². The first-order chi connectivity index (χ1) is 12.3. The van der Waals surface area contributed by atoms with E-state index >= 15 is 0 Å². The number of sulfonamides is 1. The van der Waals surface area contributed by atoms with Gasteiger partial charge in [0.2, 0.25) is 10.0 Å². The summed E-state index contributed by atoms with van der Waals surface area (Å²) in [7, 11) is -3.66. The van der Waals surface area contributed by atoms with Crippen molar-refractivity contribution >= 4 is 10.0 Å². The zero-order chi connectivity index (χ0) is 18.7. The number of aryl methyl sites for hydroxylation is 1. The van der Waals surface area contributed by atoms with Gasteiger partial charge in [-0.3, -0.25) is 0 Å². The third-order valence-electron chi connectivity index (χ3n) is 4.02. The Hall–Kier alpha value is -2.52. The van der Waals surface area contributed by atoms with E-state index in [1.165, 1.54) is 4.80 Å². The van der Waals surface area contributed by atoms with Crippen molar-refractivity contribution in [3.05, 3.63) is 48.8 Å². The molecule has 26 heavy (non-hydrogen) atoms. The number of oxazole rings is 1. The topological polar surface area (TPSA) is 103 Å².